The van der Waals surface area contributed by atoms with Gasteiger partial charge in [-0.25, -0.2) is 8.42 Å². The van der Waals surface area contributed by atoms with Crippen molar-refractivity contribution in [2.75, 3.05) is 19.6 Å². The number of nitrogens with zero attached hydrogens (tertiary/aromatic N) is 3. The third kappa shape index (κ3) is 5.42. The SMILES string of the molecule is NC(=O)C12CN(CC(F)(F)F)C(=O)C(Cc3ccc(Cl)cc3)N1C(=O)[C]CN2S(=O)(=O)c1ccc(Cl)cc1Cl. The Kier molecular flexibility index (Phi) is 7.87. The summed E-state index contributed by atoms with van der Waals surface area (Å²) >= 11 is 17.9. The highest BCUT2D eigenvalue weighted by molar-refractivity contribution is 7.89. The maximum Gasteiger partial charge on any atom is 0.406 e. The zero-order valence-electron chi connectivity index (χ0n) is 19.6. The van der Waals surface area contributed by atoms with Crippen molar-refractivity contribution in [3.8, 4) is 0 Å². The van der Waals surface area contributed by atoms with E-state index in [4.69, 9.17) is 40.5 Å². The summed E-state index contributed by atoms with van der Waals surface area (Å²) in [7, 11) is -4.84. The van der Waals surface area contributed by atoms with Gasteiger partial charge in [-0.3, -0.25) is 14.4 Å². The molecule has 0 bridgehead atoms. The van der Waals surface area contributed by atoms with E-state index in [1.54, 1.807) is 0 Å². The molecule has 208 valence electrons. The molecule has 2 aromatic rings. The fourth-order valence-electron chi connectivity index (χ4n) is 4.64. The average molecular weight is 626 g/mol. The van der Waals surface area contributed by atoms with Gasteiger partial charge in [0.25, 0.3) is 5.91 Å². The van der Waals surface area contributed by atoms with Gasteiger partial charge in [0, 0.05) is 23.0 Å². The van der Waals surface area contributed by atoms with Crippen molar-refractivity contribution in [2.24, 2.45) is 5.73 Å². The lowest BCUT2D eigenvalue weighted by Crippen LogP contribution is -2.83. The molecule has 2 saturated heterocycles. The van der Waals surface area contributed by atoms with Gasteiger partial charge in [-0.15, -0.1) is 0 Å². The lowest BCUT2D eigenvalue weighted by atomic mass is 9.91. The fourth-order valence-corrected chi connectivity index (χ4v) is 7.12. The van der Waals surface area contributed by atoms with Crippen molar-refractivity contribution < 1.29 is 36.0 Å². The Morgan fingerprint density at radius 1 is 1.08 bits per heavy atom. The van der Waals surface area contributed by atoms with Gasteiger partial charge in [0.2, 0.25) is 27.5 Å². The summed E-state index contributed by atoms with van der Waals surface area (Å²) in [5, 5.41) is 0.0498. The number of carbonyl (C=O) groups excluding carboxylic acids is 3. The Bertz CT molecular complexity index is 1440. The second-order valence-corrected chi connectivity index (χ2v) is 11.9. The van der Waals surface area contributed by atoms with E-state index in [2.05, 4.69) is 6.42 Å². The molecule has 0 spiro atoms. The maximum absolute atomic E-state index is 13.8. The number of hydrogen-bond donors (Lipinski definition) is 1. The van der Waals surface area contributed by atoms with Crippen LogP contribution in [0.3, 0.4) is 0 Å². The van der Waals surface area contributed by atoms with Crippen molar-refractivity contribution in [1.82, 2.24) is 14.1 Å². The largest absolute Gasteiger partial charge is 0.406 e. The molecule has 2 aromatic carbocycles. The number of rotatable bonds is 6. The number of fused-ring (bicyclic) bond motifs is 1. The van der Waals surface area contributed by atoms with Crippen LogP contribution in [0.4, 0.5) is 13.2 Å². The van der Waals surface area contributed by atoms with Gasteiger partial charge < -0.3 is 15.5 Å². The Balaban J connectivity index is 1.92. The van der Waals surface area contributed by atoms with E-state index in [1.165, 1.54) is 30.3 Å². The lowest BCUT2D eigenvalue weighted by molar-refractivity contribution is -0.195. The number of nitrogens with two attached hydrogens (primary N) is 1. The Morgan fingerprint density at radius 3 is 2.26 bits per heavy atom. The molecule has 2 aliphatic rings. The van der Waals surface area contributed by atoms with Gasteiger partial charge in [0.15, 0.2) is 0 Å². The van der Waals surface area contributed by atoms with Gasteiger partial charge >= 0.3 is 6.18 Å². The predicted molar refractivity (Wildman–Crippen MR) is 134 cm³/mol. The smallest absolute Gasteiger partial charge is 0.366 e. The standard InChI is InChI=1S/C23H18Cl3F3N4O5S/c24-14-3-1-13(2-4-14)9-17-20(35)31(12-23(27,28)29)11-22(21(30)36)32(8-7-19(34)33(17)22)39(37,38)18-6-5-15(25)10-16(18)26/h1-6,10,17H,8-9,11-12H2,(H2,30,36). The van der Waals surface area contributed by atoms with Crippen LogP contribution in [-0.2, 0) is 30.8 Å². The zero-order valence-corrected chi connectivity index (χ0v) is 22.7. The summed E-state index contributed by atoms with van der Waals surface area (Å²) in [4.78, 5) is 40.0. The van der Waals surface area contributed by atoms with Crippen LogP contribution in [0.2, 0.25) is 15.1 Å². The van der Waals surface area contributed by atoms with E-state index in [-0.39, 0.29) is 21.4 Å². The molecule has 16 heteroatoms. The lowest BCUT2D eigenvalue weighted by Gasteiger charge is -2.57. The highest BCUT2D eigenvalue weighted by atomic mass is 35.5. The number of amides is 3. The third-order valence-electron chi connectivity index (χ3n) is 6.29. The highest BCUT2D eigenvalue weighted by Gasteiger charge is 2.65. The van der Waals surface area contributed by atoms with E-state index in [1.807, 2.05) is 0 Å². The summed E-state index contributed by atoms with van der Waals surface area (Å²) in [6.45, 7) is -3.88. The average Bonchev–Trinajstić information content (AvgIpc) is 2.81. The van der Waals surface area contributed by atoms with Gasteiger partial charge in [-0.1, -0.05) is 46.9 Å². The molecule has 3 amide bonds. The summed E-state index contributed by atoms with van der Waals surface area (Å²) < 4.78 is 68.7. The molecule has 2 aliphatic heterocycles. The van der Waals surface area contributed by atoms with Gasteiger partial charge in [0.1, 0.15) is 17.5 Å². The maximum atomic E-state index is 13.8. The summed E-state index contributed by atoms with van der Waals surface area (Å²) in [6.07, 6.45) is -3.05. The van der Waals surface area contributed by atoms with Crippen LogP contribution in [0.1, 0.15) is 5.56 Å². The fraction of sp³-hybridized carbons (Fsp3) is 0.304. The molecule has 39 heavy (non-hydrogen) atoms. The quantitative estimate of drug-likeness (QED) is 0.530. The molecule has 0 aromatic heterocycles. The Morgan fingerprint density at radius 2 is 1.69 bits per heavy atom. The Hall–Kier alpha value is -2.58. The van der Waals surface area contributed by atoms with Gasteiger partial charge in [-0.05, 0) is 35.9 Å². The zero-order chi connectivity index (χ0) is 28.9. The molecular formula is C23H18Cl3F3N4O5S. The molecule has 2 unspecified atom stereocenters. The van der Waals surface area contributed by atoms with E-state index in [0.29, 0.717) is 19.8 Å². The molecule has 9 nitrogen and oxygen atoms in total. The molecule has 4 rings (SSSR count). The molecule has 2 radical (unpaired) electrons. The first-order valence-electron chi connectivity index (χ1n) is 11.0. The van der Waals surface area contributed by atoms with Crippen LogP contribution in [-0.4, -0.2) is 77.8 Å². The third-order valence-corrected chi connectivity index (χ3v) is 9.13. The van der Waals surface area contributed by atoms with Crippen LogP contribution in [0.5, 0.6) is 0 Å². The predicted octanol–water partition coefficient (Wildman–Crippen LogP) is 2.76. The number of benzene rings is 2. The first-order valence-corrected chi connectivity index (χ1v) is 13.6. The van der Waals surface area contributed by atoms with E-state index >= 15 is 0 Å². The van der Waals surface area contributed by atoms with Crippen molar-refractivity contribution in [3.05, 3.63) is 69.5 Å². The molecular weight excluding hydrogens is 608 g/mol. The van der Waals surface area contributed by atoms with Crippen molar-refractivity contribution >= 4 is 62.5 Å². The minimum absolute atomic E-state index is 0.0831. The van der Waals surface area contributed by atoms with E-state index in [9.17, 15) is 36.0 Å². The summed E-state index contributed by atoms with van der Waals surface area (Å²) in [5.74, 6) is -3.73. The number of hydrogen-bond acceptors (Lipinski definition) is 5. The van der Waals surface area contributed by atoms with Gasteiger partial charge in [-0.2, -0.15) is 17.5 Å². The van der Waals surface area contributed by atoms with E-state index < -0.39 is 70.2 Å². The molecule has 2 N–H and O–H groups in total. The topological polar surface area (TPSA) is 121 Å². The minimum atomic E-state index is -4.93. The van der Waals surface area contributed by atoms with Crippen LogP contribution in [0.25, 0.3) is 0 Å². The van der Waals surface area contributed by atoms with Crippen LogP contribution in [0, 0.1) is 6.42 Å². The monoisotopic (exact) mass is 624 g/mol. The second kappa shape index (κ2) is 10.4. The minimum Gasteiger partial charge on any atom is -0.366 e. The highest BCUT2D eigenvalue weighted by Crippen LogP contribution is 2.41. The first-order chi connectivity index (χ1) is 18.1. The summed E-state index contributed by atoms with van der Waals surface area (Å²) in [6, 6.07) is 7.42. The van der Waals surface area contributed by atoms with Gasteiger partial charge in [0.05, 0.1) is 18.0 Å². The normalized spacial score (nSPS) is 22.7. The van der Waals surface area contributed by atoms with Crippen molar-refractivity contribution in [2.45, 2.75) is 29.2 Å². The molecule has 2 fully saturated rings. The van der Waals surface area contributed by atoms with E-state index in [0.717, 1.165) is 12.1 Å². The first kappa shape index (κ1) is 29.4. The van der Waals surface area contributed by atoms with Crippen molar-refractivity contribution in [1.29, 1.82) is 0 Å². The Labute approximate surface area is 236 Å². The number of carbonyl (C=O) groups is 3. The van der Waals surface area contributed by atoms with Crippen molar-refractivity contribution in [3.63, 3.8) is 0 Å². The molecule has 2 heterocycles. The number of halogens is 6. The molecule has 2 atom stereocenters. The summed E-state index contributed by atoms with van der Waals surface area (Å²) in [5.41, 5.74) is 3.30. The second-order valence-electron chi connectivity index (χ2n) is 8.78. The molecule has 0 aliphatic carbocycles. The number of sulfonamides is 1. The van der Waals surface area contributed by atoms with Crippen LogP contribution >= 0.6 is 34.8 Å². The van der Waals surface area contributed by atoms with Crippen LogP contribution < -0.4 is 5.73 Å². The van der Waals surface area contributed by atoms with Crippen LogP contribution in [0.15, 0.2) is 47.4 Å². The molecule has 0 saturated carbocycles. The number of alkyl halides is 3. The number of piperazine rings is 1. The number of primary amides is 1.